The van der Waals surface area contributed by atoms with E-state index in [0.29, 0.717) is 12.0 Å². The number of nitrogens with zero attached hydrogens (tertiary/aromatic N) is 1. The van der Waals surface area contributed by atoms with Crippen molar-refractivity contribution < 1.29 is 4.79 Å². The Morgan fingerprint density at radius 1 is 1.44 bits per heavy atom. The van der Waals surface area contributed by atoms with Gasteiger partial charge < -0.3 is 4.90 Å². The summed E-state index contributed by atoms with van der Waals surface area (Å²) < 4.78 is 1.01. The van der Waals surface area contributed by atoms with Crippen LogP contribution in [0.15, 0.2) is 22.7 Å². The van der Waals surface area contributed by atoms with Crippen LogP contribution in [0.5, 0.6) is 0 Å². The highest BCUT2D eigenvalue weighted by Crippen LogP contribution is 2.26. The first kappa shape index (κ1) is 13.6. The van der Waals surface area contributed by atoms with E-state index in [9.17, 15) is 4.79 Å². The maximum Gasteiger partial charge on any atom is 0.254 e. The van der Waals surface area contributed by atoms with Gasteiger partial charge in [-0.3, -0.25) is 4.79 Å². The van der Waals surface area contributed by atoms with Gasteiger partial charge in [0.2, 0.25) is 0 Å². The second-order valence-corrected chi connectivity index (χ2v) is 6.27. The second-order valence-electron chi connectivity index (χ2n) is 5.42. The number of hydrogen-bond acceptors (Lipinski definition) is 1. The van der Waals surface area contributed by atoms with Crippen LogP contribution in [-0.2, 0) is 0 Å². The topological polar surface area (TPSA) is 20.3 Å². The summed E-state index contributed by atoms with van der Waals surface area (Å²) in [5, 5.41) is 0. The molecule has 1 aromatic rings. The molecule has 3 heteroatoms. The largest absolute Gasteiger partial charge is 0.335 e. The van der Waals surface area contributed by atoms with Gasteiger partial charge in [-0.15, -0.1) is 0 Å². The van der Waals surface area contributed by atoms with Crippen molar-refractivity contribution in [2.45, 2.75) is 39.7 Å². The summed E-state index contributed by atoms with van der Waals surface area (Å²) in [6.45, 7) is 7.32. The van der Waals surface area contributed by atoms with Gasteiger partial charge in [0.1, 0.15) is 0 Å². The fourth-order valence-electron chi connectivity index (χ4n) is 2.63. The van der Waals surface area contributed by atoms with Gasteiger partial charge in [0, 0.05) is 22.6 Å². The van der Waals surface area contributed by atoms with E-state index in [4.69, 9.17) is 0 Å². The quantitative estimate of drug-likeness (QED) is 0.808. The van der Waals surface area contributed by atoms with Crippen LogP contribution in [0, 0.1) is 12.8 Å². The third-order valence-corrected chi connectivity index (χ3v) is 4.60. The Labute approximate surface area is 117 Å². The van der Waals surface area contributed by atoms with Gasteiger partial charge in [-0.25, -0.2) is 0 Å². The Morgan fingerprint density at radius 2 is 2.17 bits per heavy atom. The van der Waals surface area contributed by atoms with Crippen molar-refractivity contribution in [1.29, 1.82) is 0 Å². The first-order valence-corrected chi connectivity index (χ1v) is 7.37. The van der Waals surface area contributed by atoms with E-state index in [1.54, 1.807) is 0 Å². The molecule has 0 N–H and O–H groups in total. The molecule has 0 aliphatic carbocycles. The van der Waals surface area contributed by atoms with Crippen molar-refractivity contribution in [2.24, 2.45) is 5.92 Å². The monoisotopic (exact) mass is 309 g/mol. The Hall–Kier alpha value is -0.830. The molecule has 1 heterocycles. The number of rotatable bonds is 2. The van der Waals surface area contributed by atoms with Crippen LogP contribution in [0.2, 0.25) is 0 Å². The third kappa shape index (κ3) is 2.61. The highest BCUT2D eigenvalue weighted by molar-refractivity contribution is 9.10. The molecule has 18 heavy (non-hydrogen) atoms. The average molecular weight is 310 g/mol. The predicted molar refractivity (Wildman–Crippen MR) is 77.8 cm³/mol. The summed E-state index contributed by atoms with van der Waals surface area (Å²) in [5.41, 5.74) is 1.95. The maximum atomic E-state index is 12.5. The molecule has 1 saturated heterocycles. The lowest BCUT2D eigenvalue weighted by atomic mass is 10.0. The van der Waals surface area contributed by atoms with Crippen molar-refractivity contribution >= 4 is 21.8 Å². The standard InChI is InChI=1S/C15H20BrNO/c1-10(2)14-5-4-8-17(14)15(18)12-7-6-11(3)13(16)9-12/h6-7,9-10,14H,4-5,8H2,1-3H3. The molecule has 1 unspecified atom stereocenters. The molecule has 1 aromatic carbocycles. The summed E-state index contributed by atoms with van der Waals surface area (Å²) in [4.78, 5) is 14.6. The van der Waals surface area contributed by atoms with Crippen LogP contribution in [0.25, 0.3) is 0 Å². The summed E-state index contributed by atoms with van der Waals surface area (Å²) in [5.74, 6) is 0.706. The van der Waals surface area contributed by atoms with Crippen LogP contribution in [0.1, 0.15) is 42.6 Å². The zero-order valence-corrected chi connectivity index (χ0v) is 12.8. The summed E-state index contributed by atoms with van der Waals surface area (Å²) >= 11 is 3.50. The van der Waals surface area contributed by atoms with Gasteiger partial charge in [0.25, 0.3) is 5.91 Å². The van der Waals surface area contributed by atoms with Crippen LogP contribution in [0.3, 0.4) is 0 Å². The van der Waals surface area contributed by atoms with E-state index in [0.717, 1.165) is 35.0 Å². The normalized spacial score (nSPS) is 19.6. The van der Waals surface area contributed by atoms with E-state index in [-0.39, 0.29) is 5.91 Å². The number of likely N-dealkylation sites (tertiary alicyclic amines) is 1. The van der Waals surface area contributed by atoms with Gasteiger partial charge in [-0.05, 0) is 43.4 Å². The summed E-state index contributed by atoms with van der Waals surface area (Å²) in [6, 6.07) is 6.26. The number of halogens is 1. The first-order chi connectivity index (χ1) is 8.50. The van der Waals surface area contributed by atoms with E-state index < -0.39 is 0 Å². The van der Waals surface area contributed by atoms with E-state index >= 15 is 0 Å². The highest BCUT2D eigenvalue weighted by Gasteiger charge is 2.31. The van der Waals surface area contributed by atoms with Crippen molar-refractivity contribution in [1.82, 2.24) is 4.90 Å². The molecule has 0 aromatic heterocycles. The van der Waals surface area contributed by atoms with Gasteiger partial charge >= 0.3 is 0 Å². The first-order valence-electron chi connectivity index (χ1n) is 6.58. The molecule has 2 rings (SSSR count). The zero-order valence-electron chi connectivity index (χ0n) is 11.2. The van der Waals surface area contributed by atoms with Crippen LogP contribution in [-0.4, -0.2) is 23.4 Å². The molecule has 0 bridgehead atoms. The Bertz CT molecular complexity index is 456. The molecular formula is C15H20BrNO. The Kier molecular flexibility index (Phi) is 4.10. The molecule has 1 aliphatic rings. The van der Waals surface area contributed by atoms with Crippen LogP contribution >= 0.6 is 15.9 Å². The fourth-order valence-corrected chi connectivity index (χ4v) is 3.01. The summed E-state index contributed by atoms with van der Waals surface area (Å²) in [6.07, 6.45) is 2.26. The average Bonchev–Trinajstić information content (AvgIpc) is 2.81. The van der Waals surface area contributed by atoms with E-state index in [2.05, 4.69) is 29.8 Å². The van der Waals surface area contributed by atoms with Crippen molar-refractivity contribution in [3.8, 4) is 0 Å². The fraction of sp³-hybridized carbons (Fsp3) is 0.533. The number of carbonyl (C=O) groups is 1. The van der Waals surface area contributed by atoms with E-state index in [1.165, 1.54) is 0 Å². The SMILES string of the molecule is Cc1ccc(C(=O)N2CCCC2C(C)C)cc1Br. The summed E-state index contributed by atoms with van der Waals surface area (Å²) in [7, 11) is 0. The van der Waals surface area contributed by atoms with Crippen molar-refractivity contribution in [3.63, 3.8) is 0 Å². The highest BCUT2D eigenvalue weighted by atomic mass is 79.9. The van der Waals surface area contributed by atoms with Crippen LogP contribution < -0.4 is 0 Å². The second kappa shape index (κ2) is 5.43. The molecule has 1 fully saturated rings. The molecule has 2 nitrogen and oxygen atoms in total. The predicted octanol–water partition coefficient (Wildman–Crippen LogP) is 4.02. The minimum absolute atomic E-state index is 0.173. The van der Waals surface area contributed by atoms with Gasteiger partial charge in [0.05, 0.1) is 0 Å². The lowest BCUT2D eigenvalue weighted by Crippen LogP contribution is -2.38. The number of aryl methyl sites for hydroxylation is 1. The zero-order chi connectivity index (χ0) is 13.3. The number of amides is 1. The van der Waals surface area contributed by atoms with Crippen LogP contribution in [0.4, 0.5) is 0 Å². The molecule has 98 valence electrons. The minimum atomic E-state index is 0.173. The van der Waals surface area contributed by atoms with Gasteiger partial charge in [-0.2, -0.15) is 0 Å². The minimum Gasteiger partial charge on any atom is -0.335 e. The molecule has 1 amide bonds. The lowest BCUT2D eigenvalue weighted by molar-refractivity contribution is 0.0701. The van der Waals surface area contributed by atoms with E-state index in [1.807, 2.05) is 30.0 Å². The maximum absolute atomic E-state index is 12.5. The molecule has 0 radical (unpaired) electrons. The van der Waals surface area contributed by atoms with Gasteiger partial charge in [0.15, 0.2) is 0 Å². The van der Waals surface area contributed by atoms with Crippen molar-refractivity contribution in [3.05, 3.63) is 33.8 Å². The molecular weight excluding hydrogens is 290 g/mol. The smallest absolute Gasteiger partial charge is 0.254 e. The van der Waals surface area contributed by atoms with Crippen molar-refractivity contribution in [2.75, 3.05) is 6.54 Å². The Morgan fingerprint density at radius 3 is 2.78 bits per heavy atom. The number of hydrogen-bond donors (Lipinski definition) is 0. The number of benzene rings is 1. The third-order valence-electron chi connectivity index (χ3n) is 3.75. The van der Waals surface area contributed by atoms with Gasteiger partial charge in [-0.1, -0.05) is 35.8 Å². The lowest BCUT2D eigenvalue weighted by Gasteiger charge is -2.27. The molecule has 1 atom stereocenters. The molecule has 1 aliphatic heterocycles. The molecule has 0 spiro atoms. The number of carbonyl (C=O) groups excluding carboxylic acids is 1. The molecule has 0 saturated carbocycles. The Balaban J connectivity index is 2.22.